The second-order valence-corrected chi connectivity index (χ2v) is 18.4. The number of aromatic hydroxyl groups is 1. The molecule has 1 aromatic heterocycles. The van der Waals surface area contributed by atoms with Crippen molar-refractivity contribution in [3.8, 4) is 17.2 Å². The summed E-state index contributed by atoms with van der Waals surface area (Å²) in [6.45, 7) is 15.0. The Hall–Kier alpha value is -5.81. The van der Waals surface area contributed by atoms with Crippen molar-refractivity contribution in [2.24, 2.45) is 29.6 Å². The summed E-state index contributed by atoms with van der Waals surface area (Å²) in [6, 6.07) is 5.11. The van der Waals surface area contributed by atoms with Gasteiger partial charge in [0.1, 0.15) is 34.3 Å². The lowest BCUT2D eigenvalue weighted by molar-refractivity contribution is -0.160. The molecule has 3 aliphatic rings. The number of phenolic OH excluding ortho intramolecular Hbond substituents is 1. The zero-order chi connectivity index (χ0) is 47.9. The number of allylic oxidation sites excluding steroid dienone is 2. The first kappa shape index (κ1) is 48.1. The number of esters is 1. The molecule has 4 bridgehead atoms. The van der Waals surface area contributed by atoms with Crippen LogP contribution in [-0.4, -0.2) is 107 Å². The molecule has 0 spiro atoms. The summed E-state index contributed by atoms with van der Waals surface area (Å²) in [5.41, 5.74) is -0.423. The number of methoxy groups -OCH3 is 1. The maximum absolute atomic E-state index is 14.8. The number of Topliss-reactive ketones (excluding diaryl/α,β-unsaturated/α-hetero) is 1. The number of rotatable bonds is 5. The van der Waals surface area contributed by atoms with Gasteiger partial charge in [-0.15, -0.1) is 0 Å². The van der Waals surface area contributed by atoms with Crippen molar-refractivity contribution in [3.05, 3.63) is 75.7 Å². The number of benzene rings is 3. The second-order valence-electron chi connectivity index (χ2n) is 18.4. The summed E-state index contributed by atoms with van der Waals surface area (Å²) in [5.74, 6) is -6.38. The molecule has 16 heteroatoms. The molecule has 3 aliphatic heterocycles. The van der Waals surface area contributed by atoms with E-state index in [1.807, 2.05) is 0 Å². The Morgan fingerprint density at radius 1 is 1.03 bits per heavy atom. The van der Waals surface area contributed by atoms with Crippen molar-refractivity contribution >= 4 is 56.3 Å². The highest BCUT2D eigenvalue weighted by atomic mass is 16.7. The lowest BCUT2D eigenvalue weighted by Gasteiger charge is -2.38. The fourth-order valence-corrected chi connectivity index (χ4v) is 9.50. The monoisotopic (exact) mass is 911 g/mol. The Bertz CT molecular complexity index is 2710. The van der Waals surface area contributed by atoms with E-state index >= 15 is 0 Å². The normalized spacial score (nSPS) is 31.0. The minimum atomic E-state index is -2.04. The lowest BCUT2D eigenvalue weighted by Crippen LogP contribution is -2.46. The molecule has 0 saturated carbocycles. The number of likely N-dealkylation sites (tertiary alicyclic amines) is 1. The van der Waals surface area contributed by atoms with Crippen molar-refractivity contribution in [3.63, 3.8) is 0 Å². The number of ketones is 1. The largest absolute Gasteiger partial charge is 0.505 e. The second kappa shape index (κ2) is 19.2. The average Bonchev–Trinajstić information content (AvgIpc) is 3.55. The molecule has 3 aromatic carbocycles. The first-order valence-corrected chi connectivity index (χ1v) is 22.5. The van der Waals surface area contributed by atoms with Gasteiger partial charge in [-0.1, -0.05) is 45.9 Å². The highest BCUT2D eigenvalue weighted by Crippen LogP contribution is 2.48. The summed E-state index contributed by atoms with van der Waals surface area (Å²) in [7, 11) is 3.53. The molecule has 10 atom stereocenters. The van der Waals surface area contributed by atoms with Crippen LogP contribution in [0, 0.1) is 36.5 Å². The summed E-state index contributed by atoms with van der Waals surface area (Å²) in [4.78, 5) is 62.8. The number of anilines is 1. The Morgan fingerprint density at radius 2 is 1.77 bits per heavy atom. The molecule has 4 heterocycles. The van der Waals surface area contributed by atoms with Crippen LogP contribution in [0.5, 0.6) is 17.2 Å². The number of ether oxygens (including phenoxy) is 5. The fourth-order valence-electron chi connectivity index (χ4n) is 9.50. The smallest absolute Gasteiger partial charge is 0.312 e. The van der Waals surface area contributed by atoms with E-state index < -0.39 is 82.7 Å². The predicted octanol–water partition coefficient (Wildman–Crippen LogP) is 6.72. The zero-order valence-electron chi connectivity index (χ0n) is 39.2. The average molecular weight is 912 g/mol. The number of phenols is 1. The molecule has 4 aromatic rings. The van der Waals surface area contributed by atoms with Crippen LogP contribution < -0.4 is 20.2 Å². The number of fused-ring (bicyclic) bond motifs is 2. The van der Waals surface area contributed by atoms with E-state index in [9.17, 15) is 34.5 Å². The highest BCUT2D eigenvalue weighted by Gasteiger charge is 2.49. The number of piperidine rings is 1. The Morgan fingerprint density at radius 3 is 2.47 bits per heavy atom. The minimum Gasteiger partial charge on any atom is -0.505 e. The van der Waals surface area contributed by atoms with Crippen molar-refractivity contribution < 1.29 is 57.8 Å². The maximum atomic E-state index is 14.8. The molecular formula is C50H61N3O13. The first-order valence-electron chi connectivity index (χ1n) is 22.5. The van der Waals surface area contributed by atoms with Gasteiger partial charge in [0.05, 0.1) is 42.1 Å². The standard InChI is InChI=1S/C50H61N3O13/c1-24-13-11-14-25(2)49(60)52-40-44(58)37-36(39-47(40)65-35-21-32(16-17-33(35)51-39)62-23-31-15-12-19-53(9)22-31)38-46(29(6)43(37)57)66-50(8,48(38)59)63-20-18-34(61-10)26(3)45(64-30(7)54)28(5)42(56)27(4)41(24)55/h11,13-14,16-18,20-21,24,26-28,31,34,41-42,45,55-56,58H,12,15,19,22-23H2,1-10H3,(H,52,60)/b13-11+,20-18+,25-14-/t24-,26+,27+,28+,31?,34-,41-,42+,45+,50-/m0/s1. The van der Waals surface area contributed by atoms with Crippen molar-refractivity contribution in [2.45, 2.75) is 98.4 Å². The number of nitrogens with zero attached hydrogens (tertiary/aromatic N) is 2. The molecule has 354 valence electrons. The number of hydrogen-bond donors (Lipinski definition) is 4. The fraction of sp³-hybridized carbons (Fsp3) is 0.500. The molecular weight excluding hydrogens is 851 g/mol. The number of aromatic nitrogens is 1. The Balaban J connectivity index is 1.40. The quantitative estimate of drug-likeness (QED) is 0.0708. The molecule has 16 nitrogen and oxygen atoms in total. The predicted molar refractivity (Wildman–Crippen MR) is 248 cm³/mol. The molecule has 1 unspecified atom stereocenters. The third-order valence-electron chi connectivity index (χ3n) is 13.5. The van der Waals surface area contributed by atoms with E-state index in [0.29, 0.717) is 23.8 Å². The highest BCUT2D eigenvalue weighted by molar-refractivity contribution is 6.26. The van der Waals surface area contributed by atoms with Crippen LogP contribution in [0.15, 0.2) is 63.6 Å². The van der Waals surface area contributed by atoms with E-state index in [4.69, 9.17) is 33.1 Å². The third kappa shape index (κ3) is 9.15. The Kier molecular flexibility index (Phi) is 14.0. The van der Waals surface area contributed by atoms with Crippen LogP contribution in [0.4, 0.5) is 5.69 Å². The van der Waals surface area contributed by atoms with Gasteiger partial charge < -0.3 is 53.6 Å². The van der Waals surface area contributed by atoms with E-state index in [1.165, 1.54) is 46.3 Å². The first-order chi connectivity index (χ1) is 31.3. The van der Waals surface area contributed by atoms with Crippen molar-refractivity contribution in [1.82, 2.24) is 9.88 Å². The molecule has 7 rings (SSSR count). The van der Waals surface area contributed by atoms with Gasteiger partial charge in [0.15, 0.2) is 22.3 Å². The Labute approximate surface area is 383 Å². The summed E-state index contributed by atoms with van der Waals surface area (Å²) in [6.07, 6.45) is 5.76. The number of amides is 1. The molecule has 66 heavy (non-hydrogen) atoms. The van der Waals surface area contributed by atoms with Crippen LogP contribution in [0.3, 0.4) is 0 Å². The van der Waals surface area contributed by atoms with Gasteiger partial charge in [-0.05, 0) is 58.5 Å². The van der Waals surface area contributed by atoms with Gasteiger partial charge in [0.25, 0.3) is 11.7 Å². The minimum absolute atomic E-state index is 0.00445. The molecule has 0 aliphatic carbocycles. The number of aliphatic hydroxyl groups is 2. The van der Waals surface area contributed by atoms with E-state index in [-0.39, 0.29) is 55.6 Å². The van der Waals surface area contributed by atoms with Gasteiger partial charge in [-0.3, -0.25) is 19.2 Å². The molecule has 0 radical (unpaired) electrons. The number of hydrogen-bond acceptors (Lipinski definition) is 15. The van der Waals surface area contributed by atoms with Crippen LogP contribution in [0.25, 0.3) is 33.0 Å². The number of carbonyl (C=O) groups excluding carboxylic acids is 3. The number of nitrogens with one attached hydrogen (secondary N) is 1. The van der Waals surface area contributed by atoms with E-state index in [2.05, 4.69) is 17.3 Å². The topological polar surface area (TPSA) is 216 Å². The number of aliphatic hydroxyl groups excluding tert-OH is 2. The van der Waals surface area contributed by atoms with E-state index in [1.54, 1.807) is 65.0 Å². The SMILES string of the molecule is CO[C@H]1/C=C/O[C@@]2(C)Oc3c(C)c(=O)c4c(O)c(c5oc6cc(OCC7CCCN(C)C7)ccc6nc5c4c3C2=O)NC(=O)/C(C)=C\C=C\[C@H](C)[C@H](O)[C@@H](C)[C@@H](O)[C@@H](C)[C@H](OC(C)=O)[C@@H]1C. The lowest BCUT2D eigenvalue weighted by atomic mass is 9.78. The molecule has 1 amide bonds. The van der Waals surface area contributed by atoms with Crippen molar-refractivity contribution in [2.75, 3.05) is 39.2 Å². The van der Waals surface area contributed by atoms with E-state index in [0.717, 1.165) is 25.9 Å². The molecule has 1 fully saturated rings. The summed E-state index contributed by atoms with van der Waals surface area (Å²) >= 11 is 0. The third-order valence-corrected chi connectivity index (χ3v) is 13.5. The van der Waals surface area contributed by atoms with Gasteiger partial charge >= 0.3 is 11.8 Å². The van der Waals surface area contributed by atoms with Crippen LogP contribution in [-0.2, 0) is 23.8 Å². The van der Waals surface area contributed by atoms with Gasteiger partial charge in [0, 0.05) is 79.7 Å². The van der Waals surface area contributed by atoms with Crippen molar-refractivity contribution in [1.29, 1.82) is 0 Å². The molecule has 4 N–H and O–H groups in total. The van der Waals surface area contributed by atoms with Crippen LogP contribution in [0.1, 0.15) is 77.2 Å². The summed E-state index contributed by atoms with van der Waals surface area (Å²) < 4.78 is 36.6. The van der Waals surface area contributed by atoms with Gasteiger partial charge in [0.2, 0.25) is 0 Å². The zero-order valence-corrected chi connectivity index (χ0v) is 39.2. The van der Waals surface area contributed by atoms with Crippen LogP contribution in [0.2, 0.25) is 0 Å². The maximum Gasteiger partial charge on any atom is 0.312 e. The molecule has 1 saturated heterocycles. The van der Waals surface area contributed by atoms with Gasteiger partial charge in [-0.25, -0.2) is 4.98 Å². The summed E-state index contributed by atoms with van der Waals surface area (Å²) in [5, 5.41) is 37.5. The number of carbonyl (C=O) groups is 3. The van der Waals surface area contributed by atoms with Crippen LogP contribution >= 0.6 is 0 Å². The van der Waals surface area contributed by atoms with Gasteiger partial charge in [-0.2, -0.15) is 0 Å².